The van der Waals surface area contributed by atoms with Crippen LogP contribution in [-0.4, -0.2) is 35.4 Å². The van der Waals surface area contributed by atoms with E-state index in [-0.39, 0.29) is 36.4 Å². The zero-order chi connectivity index (χ0) is 24.9. The fraction of sp³-hybridized carbons (Fsp3) is 0.481. The first-order chi connectivity index (χ1) is 16.1. The molecule has 2 aromatic rings. The molecule has 0 aromatic heterocycles. The number of ether oxygens (including phenoxy) is 1. The third kappa shape index (κ3) is 6.81. The zero-order valence-electron chi connectivity index (χ0n) is 20.4. The number of nitrogens with one attached hydrogen (secondary N) is 1. The quantitative estimate of drug-likeness (QED) is 0.471. The first-order valence-corrected chi connectivity index (χ1v) is 12.6. The molecule has 1 unspecified atom stereocenters. The van der Waals surface area contributed by atoms with Crippen molar-refractivity contribution in [2.45, 2.75) is 77.4 Å². The van der Waals surface area contributed by atoms with Crippen LogP contribution in [0.4, 0.5) is 4.39 Å². The van der Waals surface area contributed by atoms with Gasteiger partial charge in [-0.1, -0.05) is 57.9 Å². The lowest BCUT2D eigenvalue weighted by molar-refractivity contribution is -0.142. The number of hydrogen-bond donors (Lipinski definition) is 1. The van der Waals surface area contributed by atoms with Gasteiger partial charge in [0.05, 0.1) is 4.47 Å². The van der Waals surface area contributed by atoms with Crippen LogP contribution in [0.5, 0.6) is 5.75 Å². The molecular formula is C27H34BrFN2O3. The molecule has 0 saturated heterocycles. The lowest BCUT2D eigenvalue weighted by Crippen LogP contribution is -2.50. The van der Waals surface area contributed by atoms with Gasteiger partial charge in [0, 0.05) is 18.2 Å². The second-order valence-corrected chi connectivity index (χ2v) is 10.8. The van der Waals surface area contributed by atoms with E-state index in [1.165, 1.54) is 11.0 Å². The van der Waals surface area contributed by atoms with Gasteiger partial charge in [-0.15, -0.1) is 0 Å². The van der Waals surface area contributed by atoms with Crippen molar-refractivity contribution in [3.63, 3.8) is 0 Å². The summed E-state index contributed by atoms with van der Waals surface area (Å²) in [5.74, 6) is -0.489. The Kier molecular flexibility index (Phi) is 8.74. The van der Waals surface area contributed by atoms with Gasteiger partial charge in [-0.2, -0.15) is 0 Å². The van der Waals surface area contributed by atoms with Gasteiger partial charge in [0.2, 0.25) is 5.91 Å². The molecule has 2 amide bonds. The smallest absolute Gasteiger partial charge is 0.261 e. The molecule has 0 heterocycles. The maximum Gasteiger partial charge on any atom is 0.261 e. The molecule has 1 aliphatic carbocycles. The highest BCUT2D eigenvalue weighted by molar-refractivity contribution is 9.10. The van der Waals surface area contributed by atoms with Crippen molar-refractivity contribution in [3.8, 4) is 5.75 Å². The highest BCUT2D eigenvalue weighted by Crippen LogP contribution is 2.31. The maximum absolute atomic E-state index is 14.4. The van der Waals surface area contributed by atoms with Gasteiger partial charge in [-0.05, 0) is 64.9 Å². The van der Waals surface area contributed by atoms with Crippen molar-refractivity contribution in [3.05, 3.63) is 63.9 Å². The number of benzene rings is 2. The molecule has 1 saturated carbocycles. The number of amides is 2. The lowest BCUT2D eigenvalue weighted by atomic mass is 9.87. The van der Waals surface area contributed by atoms with Gasteiger partial charge in [0.1, 0.15) is 17.6 Å². The fourth-order valence-electron chi connectivity index (χ4n) is 4.09. The summed E-state index contributed by atoms with van der Waals surface area (Å²) in [6, 6.07) is 11.4. The Balaban J connectivity index is 1.74. The van der Waals surface area contributed by atoms with Crippen molar-refractivity contribution in [2.24, 2.45) is 0 Å². The van der Waals surface area contributed by atoms with E-state index in [0.717, 1.165) is 35.7 Å². The van der Waals surface area contributed by atoms with E-state index >= 15 is 0 Å². The molecule has 0 aliphatic heterocycles. The Morgan fingerprint density at radius 3 is 2.47 bits per heavy atom. The van der Waals surface area contributed by atoms with Crippen LogP contribution in [0.1, 0.15) is 64.5 Å². The van der Waals surface area contributed by atoms with Gasteiger partial charge >= 0.3 is 0 Å². The number of carbonyl (C=O) groups is 2. The lowest BCUT2D eigenvalue weighted by Gasteiger charge is -2.30. The Labute approximate surface area is 210 Å². The second kappa shape index (κ2) is 11.3. The summed E-state index contributed by atoms with van der Waals surface area (Å²) in [6.07, 6.45) is 4.07. The normalized spacial score (nSPS) is 15.1. The van der Waals surface area contributed by atoms with E-state index in [2.05, 4.69) is 42.0 Å². The maximum atomic E-state index is 14.4. The largest absolute Gasteiger partial charge is 0.483 e. The van der Waals surface area contributed by atoms with Crippen molar-refractivity contribution in [1.82, 2.24) is 10.2 Å². The van der Waals surface area contributed by atoms with Crippen LogP contribution in [0, 0.1) is 5.82 Å². The van der Waals surface area contributed by atoms with Gasteiger partial charge in [-0.3, -0.25) is 9.59 Å². The van der Waals surface area contributed by atoms with Gasteiger partial charge in [-0.25, -0.2) is 4.39 Å². The number of halogens is 2. The van der Waals surface area contributed by atoms with Crippen LogP contribution in [-0.2, 0) is 21.5 Å². The van der Waals surface area contributed by atoms with E-state index < -0.39 is 11.9 Å². The van der Waals surface area contributed by atoms with Crippen molar-refractivity contribution < 1.29 is 18.7 Å². The van der Waals surface area contributed by atoms with Crippen LogP contribution < -0.4 is 10.1 Å². The van der Waals surface area contributed by atoms with E-state index in [1.54, 1.807) is 25.1 Å². The molecular weight excluding hydrogens is 499 g/mol. The van der Waals surface area contributed by atoms with Crippen LogP contribution in [0.2, 0.25) is 0 Å². The summed E-state index contributed by atoms with van der Waals surface area (Å²) < 4.78 is 20.9. The summed E-state index contributed by atoms with van der Waals surface area (Å²) in [5.41, 5.74) is 1.47. The average molecular weight is 533 g/mol. The summed E-state index contributed by atoms with van der Waals surface area (Å²) in [7, 11) is 0. The Bertz CT molecular complexity index is 1020. The topological polar surface area (TPSA) is 58.6 Å². The molecule has 2 aromatic carbocycles. The highest BCUT2D eigenvalue weighted by atomic mass is 79.9. The second-order valence-electron chi connectivity index (χ2n) is 9.96. The number of carbonyl (C=O) groups excluding carboxylic acids is 2. The molecule has 0 radical (unpaired) electrons. The van der Waals surface area contributed by atoms with Gasteiger partial charge in [0.25, 0.3) is 5.91 Å². The Hall–Kier alpha value is -2.41. The first-order valence-electron chi connectivity index (χ1n) is 11.8. The molecule has 7 heteroatoms. The molecule has 0 bridgehead atoms. The first kappa shape index (κ1) is 26.2. The minimum Gasteiger partial charge on any atom is -0.483 e. The minimum atomic E-state index is -0.761. The van der Waals surface area contributed by atoms with Gasteiger partial charge in [0.15, 0.2) is 6.61 Å². The molecule has 184 valence electrons. The monoisotopic (exact) mass is 532 g/mol. The highest BCUT2D eigenvalue weighted by Gasteiger charge is 2.29. The number of nitrogens with zero attached hydrogens (tertiary/aromatic N) is 1. The zero-order valence-corrected chi connectivity index (χ0v) is 22.0. The molecule has 1 atom stereocenters. The Morgan fingerprint density at radius 1 is 1.18 bits per heavy atom. The van der Waals surface area contributed by atoms with Crippen molar-refractivity contribution >= 4 is 27.7 Å². The molecule has 1 aliphatic rings. The van der Waals surface area contributed by atoms with E-state index in [0.29, 0.717) is 11.3 Å². The molecule has 1 N–H and O–H groups in total. The Morgan fingerprint density at radius 2 is 1.85 bits per heavy atom. The van der Waals surface area contributed by atoms with Crippen molar-refractivity contribution in [2.75, 3.05) is 6.61 Å². The van der Waals surface area contributed by atoms with E-state index in [1.807, 2.05) is 18.2 Å². The minimum absolute atomic E-state index is 0.0156. The number of hydrogen-bond acceptors (Lipinski definition) is 3. The summed E-state index contributed by atoms with van der Waals surface area (Å²) >= 11 is 3.53. The average Bonchev–Trinajstić information content (AvgIpc) is 3.29. The van der Waals surface area contributed by atoms with E-state index in [9.17, 15) is 14.0 Å². The molecule has 3 rings (SSSR count). The van der Waals surface area contributed by atoms with E-state index in [4.69, 9.17) is 4.74 Å². The third-order valence-electron chi connectivity index (χ3n) is 6.32. The summed E-state index contributed by atoms with van der Waals surface area (Å²) in [4.78, 5) is 27.6. The van der Waals surface area contributed by atoms with Crippen molar-refractivity contribution in [1.29, 1.82) is 0 Å². The molecule has 1 fully saturated rings. The predicted molar refractivity (Wildman–Crippen MR) is 135 cm³/mol. The SMILES string of the molecule is CC(C(=O)NC1CCCC1)N(Cc1ccccc1F)C(=O)COc1ccc(C(C)(C)C)cc1Br. The van der Waals surface area contributed by atoms with Gasteiger partial charge < -0.3 is 15.0 Å². The third-order valence-corrected chi connectivity index (χ3v) is 6.94. The summed E-state index contributed by atoms with van der Waals surface area (Å²) in [5, 5.41) is 3.04. The molecule has 0 spiro atoms. The predicted octanol–water partition coefficient (Wildman–Crippen LogP) is 5.74. The molecule has 34 heavy (non-hydrogen) atoms. The van der Waals surface area contributed by atoms with Crippen LogP contribution in [0.3, 0.4) is 0 Å². The van der Waals surface area contributed by atoms with Crippen LogP contribution in [0.15, 0.2) is 46.9 Å². The summed E-state index contributed by atoms with van der Waals surface area (Å²) in [6.45, 7) is 7.77. The fourth-order valence-corrected chi connectivity index (χ4v) is 4.58. The molecule has 5 nitrogen and oxygen atoms in total. The standard InChI is InChI=1S/C27H34BrFN2O3/c1-18(26(33)30-21-10-6-7-11-21)31(16-19-9-5-8-12-23(19)29)25(32)17-34-24-14-13-20(15-22(24)28)27(2,3)4/h5,8-9,12-15,18,21H,6-7,10-11,16-17H2,1-4H3,(H,30,33). The van der Waals surface area contributed by atoms with Crippen LogP contribution in [0.25, 0.3) is 0 Å². The number of rotatable bonds is 8. The van der Waals surface area contributed by atoms with Crippen LogP contribution >= 0.6 is 15.9 Å².